The van der Waals surface area contributed by atoms with Crippen LogP contribution in [0.4, 0.5) is 4.39 Å². The minimum absolute atomic E-state index is 0.0288. The predicted octanol–water partition coefficient (Wildman–Crippen LogP) is 6.51. The van der Waals surface area contributed by atoms with Crippen molar-refractivity contribution in [3.8, 4) is 6.07 Å². The van der Waals surface area contributed by atoms with Crippen LogP contribution in [0.1, 0.15) is 36.0 Å². The van der Waals surface area contributed by atoms with Gasteiger partial charge >= 0.3 is 0 Å². The van der Waals surface area contributed by atoms with Crippen molar-refractivity contribution in [1.29, 1.82) is 5.26 Å². The van der Waals surface area contributed by atoms with E-state index in [0.29, 0.717) is 17.0 Å². The molecule has 2 atom stereocenters. The highest BCUT2D eigenvalue weighted by Gasteiger charge is 2.27. The lowest BCUT2D eigenvalue weighted by molar-refractivity contribution is 0.498. The molecule has 3 rings (SSSR count). The lowest BCUT2D eigenvalue weighted by atomic mass is 9.80. The first-order valence-corrected chi connectivity index (χ1v) is 10.2. The zero-order valence-corrected chi connectivity index (χ0v) is 16.3. The zero-order valence-electron chi connectivity index (χ0n) is 14.7. The summed E-state index contributed by atoms with van der Waals surface area (Å²) in [7, 11) is 0. The van der Waals surface area contributed by atoms with Gasteiger partial charge in [-0.05, 0) is 41.0 Å². The number of rotatable bonds is 6. The molecule has 0 fully saturated rings. The van der Waals surface area contributed by atoms with Gasteiger partial charge in [0, 0.05) is 40.2 Å². The van der Waals surface area contributed by atoms with Gasteiger partial charge in [-0.3, -0.25) is 0 Å². The zero-order chi connectivity index (χ0) is 18.7. The van der Waals surface area contributed by atoms with Crippen LogP contribution in [0.15, 0.2) is 42.6 Å². The van der Waals surface area contributed by atoms with E-state index in [2.05, 4.69) is 29.4 Å². The topological polar surface area (TPSA) is 39.6 Å². The third-order valence-electron chi connectivity index (χ3n) is 4.75. The van der Waals surface area contributed by atoms with E-state index >= 15 is 0 Å². The molecule has 0 spiro atoms. The van der Waals surface area contributed by atoms with Gasteiger partial charge < -0.3 is 4.98 Å². The highest BCUT2D eigenvalue weighted by Crippen LogP contribution is 2.40. The molecule has 1 N–H and O–H groups in total. The lowest BCUT2D eigenvalue weighted by Gasteiger charge is -2.23. The Morgan fingerprint density at radius 3 is 2.77 bits per heavy atom. The maximum atomic E-state index is 14.7. The summed E-state index contributed by atoms with van der Waals surface area (Å²) in [4.78, 5) is 3.37. The van der Waals surface area contributed by atoms with Crippen LogP contribution in [-0.4, -0.2) is 11.2 Å². The second kappa shape index (κ2) is 8.16. The Morgan fingerprint density at radius 1 is 1.27 bits per heavy atom. The fourth-order valence-corrected chi connectivity index (χ4v) is 4.28. The number of aromatic nitrogens is 1. The molecule has 0 radical (unpaired) electrons. The summed E-state index contributed by atoms with van der Waals surface area (Å²) in [5.41, 5.74) is 3.91. The van der Waals surface area contributed by atoms with Crippen LogP contribution in [0.25, 0.3) is 10.9 Å². The molecule has 0 aliphatic carbocycles. The van der Waals surface area contributed by atoms with Crippen molar-refractivity contribution >= 4 is 34.3 Å². The second-order valence-electron chi connectivity index (χ2n) is 6.50. The minimum Gasteiger partial charge on any atom is -0.361 e. The summed E-state index contributed by atoms with van der Waals surface area (Å²) in [5.74, 6) is 0.330. The van der Waals surface area contributed by atoms with Gasteiger partial charge in [0.1, 0.15) is 5.82 Å². The maximum absolute atomic E-state index is 14.7. The van der Waals surface area contributed by atoms with Crippen LogP contribution in [0.5, 0.6) is 0 Å². The van der Waals surface area contributed by atoms with Gasteiger partial charge in [0.2, 0.25) is 0 Å². The molecule has 1 heterocycles. The summed E-state index contributed by atoms with van der Waals surface area (Å²) < 4.78 is 14.7. The van der Waals surface area contributed by atoms with E-state index in [1.807, 2.05) is 19.2 Å². The normalized spacial score (nSPS) is 13.5. The highest BCUT2D eigenvalue weighted by molar-refractivity contribution is 7.97. The third-order valence-corrected chi connectivity index (χ3v) is 5.58. The second-order valence-corrected chi connectivity index (χ2v) is 7.80. The monoisotopic (exact) mass is 386 g/mol. The number of nitrogens with zero attached hydrogens (tertiary/aromatic N) is 1. The number of hydrogen-bond acceptors (Lipinski definition) is 2. The number of nitrogens with one attached hydrogen (secondary N) is 1. The van der Waals surface area contributed by atoms with Gasteiger partial charge in [-0.1, -0.05) is 42.8 Å². The van der Waals surface area contributed by atoms with Crippen molar-refractivity contribution in [3.05, 3.63) is 70.1 Å². The van der Waals surface area contributed by atoms with Crippen LogP contribution in [0, 0.1) is 23.1 Å². The fraction of sp³-hybridized carbons (Fsp3) is 0.286. The Hall–Kier alpha value is -1.96. The summed E-state index contributed by atoms with van der Waals surface area (Å²) in [5, 5.41) is 10.7. The quantitative estimate of drug-likeness (QED) is 0.524. The van der Waals surface area contributed by atoms with E-state index in [9.17, 15) is 9.65 Å². The SMILES string of the molecule is CSCc1cccc2c(C(c3ccc(Cl)cc3F)C(C)CC#N)c[nH]c12. The van der Waals surface area contributed by atoms with Crippen LogP contribution < -0.4 is 0 Å². The number of para-hydroxylation sites is 1. The molecular weight excluding hydrogens is 367 g/mol. The summed E-state index contributed by atoms with van der Waals surface area (Å²) in [6, 6.07) is 13.2. The molecule has 0 saturated heterocycles. The van der Waals surface area contributed by atoms with Crippen LogP contribution in [-0.2, 0) is 5.75 Å². The largest absolute Gasteiger partial charge is 0.361 e. The molecule has 0 bridgehead atoms. The molecule has 0 amide bonds. The summed E-state index contributed by atoms with van der Waals surface area (Å²) in [6.45, 7) is 1.99. The number of H-pyrrole nitrogens is 1. The van der Waals surface area contributed by atoms with E-state index < -0.39 is 0 Å². The van der Waals surface area contributed by atoms with Crippen molar-refractivity contribution in [2.75, 3.05) is 6.26 Å². The van der Waals surface area contributed by atoms with Crippen molar-refractivity contribution in [3.63, 3.8) is 0 Å². The van der Waals surface area contributed by atoms with E-state index in [1.165, 1.54) is 11.6 Å². The highest BCUT2D eigenvalue weighted by atomic mass is 35.5. The number of aromatic amines is 1. The van der Waals surface area contributed by atoms with Crippen LogP contribution >= 0.6 is 23.4 Å². The standard InChI is InChI=1S/C21H20ClFN2S/c1-13(8-9-24)20(17-7-6-15(22)10-19(17)23)18-11-25-21-14(12-26-2)4-3-5-16(18)21/h3-7,10-11,13,20,25H,8,12H2,1-2H3. The average molecular weight is 387 g/mol. The fourth-order valence-electron chi connectivity index (χ4n) is 3.57. The van der Waals surface area contributed by atoms with Gasteiger partial charge in [0.05, 0.1) is 6.07 Å². The van der Waals surface area contributed by atoms with E-state index in [1.54, 1.807) is 23.9 Å². The maximum Gasteiger partial charge on any atom is 0.128 e. The number of halogens is 2. The molecular formula is C21H20ClFN2S. The summed E-state index contributed by atoms with van der Waals surface area (Å²) in [6.07, 6.45) is 4.38. The Balaban J connectivity index is 2.18. The van der Waals surface area contributed by atoms with Gasteiger partial charge in [-0.15, -0.1) is 0 Å². The molecule has 0 aliphatic heterocycles. The molecule has 1 aromatic heterocycles. The van der Waals surface area contributed by atoms with Gasteiger partial charge in [0.25, 0.3) is 0 Å². The Kier molecular flexibility index (Phi) is 5.90. The Labute approximate surface area is 162 Å². The molecule has 2 aromatic carbocycles. The van der Waals surface area contributed by atoms with Crippen molar-refractivity contribution in [2.45, 2.75) is 25.0 Å². The molecule has 0 saturated carbocycles. The first-order valence-electron chi connectivity index (χ1n) is 8.46. The number of thioether (sulfide) groups is 1. The van der Waals surface area contributed by atoms with E-state index in [0.717, 1.165) is 22.2 Å². The number of nitriles is 1. The van der Waals surface area contributed by atoms with Gasteiger partial charge in [-0.2, -0.15) is 17.0 Å². The Bertz CT molecular complexity index is 960. The smallest absolute Gasteiger partial charge is 0.128 e. The predicted molar refractivity (Wildman–Crippen MR) is 108 cm³/mol. The van der Waals surface area contributed by atoms with E-state index in [-0.39, 0.29) is 17.7 Å². The summed E-state index contributed by atoms with van der Waals surface area (Å²) >= 11 is 7.70. The van der Waals surface area contributed by atoms with Gasteiger partial charge in [0.15, 0.2) is 0 Å². The lowest BCUT2D eigenvalue weighted by Crippen LogP contribution is -2.12. The number of benzene rings is 2. The Morgan fingerprint density at radius 2 is 2.08 bits per heavy atom. The van der Waals surface area contributed by atoms with Crippen molar-refractivity contribution in [2.24, 2.45) is 5.92 Å². The molecule has 3 aromatic rings. The first-order chi connectivity index (χ1) is 12.6. The molecule has 5 heteroatoms. The van der Waals surface area contributed by atoms with Crippen molar-refractivity contribution < 1.29 is 4.39 Å². The van der Waals surface area contributed by atoms with Gasteiger partial charge in [-0.25, -0.2) is 4.39 Å². The first kappa shape index (κ1) is 18.8. The number of fused-ring (bicyclic) bond motifs is 1. The molecule has 0 aliphatic rings. The van der Waals surface area contributed by atoms with E-state index in [4.69, 9.17) is 11.6 Å². The minimum atomic E-state index is -0.332. The number of hydrogen-bond donors (Lipinski definition) is 1. The molecule has 2 nitrogen and oxygen atoms in total. The van der Waals surface area contributed by atoms with Crippen LogP contribution in [0.3, 0.4) is 0 Å². The third kappa shape index (κ3) is 3.60. The molecule has 134 valence electrons. The van der Waals surface area contributed by atoms with Crippen molar-refractivity contribution in [1.82, 2.24) is 4.98 Å². The average Bonchev–Trinajstić information content (AvgIpc) is 3.03. The molecule has 2 unspecified atom stereocenters. The molecule has 26 heavy (non-hydrogen) atoms. The van der Waals surface area contributed by atoms with Crippen LogP contribution in [0.2, 0.25) is 5.02 Å².